The topological polar surface area (TPSA) is 27.4 Å². The molecule has 130 valence electrons. The lowest BCUT2D eigenvalue weighted by Crippen LogP contribution is -2.28. The molecule has 1 aliphatic heterocycles. The molecule has 0 bridgehead atoms. The smallest absolute Gasteiger partial charge is 0.212 e. The standard InChI is InChI=1S/C22H21N2OS/c1-23-14-13-17(18-8-2-3-9-19(18)23)7-6-12-22-24(15-16-25)20-10-4-5-11-21(20)26-22/h2-14,25H,15-16H2,1H3/q+1. The Balaban J connectivity index is 1.65. The summed E-state index contributed by atoms with van der Waals surface area (Å²) in [6.07, 6.45) is 8.46. The summed E-state index contributed by atoms with van der Waals surface area (Å²) in [6, 6.07) is 18.9. The molecule has 0 radical (unpaired) electrons. The van der Waals surface area contributed by atoms with Crippen molar-refractivity contribution in [2.45, 2.75) is 4.90 Å². The van der Waals surface area contributed by atoms with Gasteiger partial charge in [0.1, 0.15) is 7.05 Å². The molecule has 2 aromatic carbocycles. The zero-order valence-corrected chi connectivity index (χ0v) is 15.5. The van der Waals surface area contributed by atoms with Gasteiger partial charge in [-0.15, -0.1) is 0 Å². The first kappa shape index (κ1) is 16.9. The van der Waals surface area contributed by atoms with Crippen LogP contribution in [0.5, 0.6) is 0 Å². The molecule has 0 saturated carbocycles. The molecule has 4 heteroatoms. The predicted octanol–water partition coefficient (Wildman–Crippen LogP) is 4.12. The number of fused-ring (bicyclic) bond motifs is 2. The maximum atomic E-state index is 9.42. The number of anilines is 1. The number of benzene rings is 2. The molecular weight excluding hydrogens is 340 g/mol. The van der Waals surface area contributed by atoms with Crippen LogP contribution in [0.15, 0.2) is 82.9 Å². The number of rotatable bonds is 4. The number of β-amino-alcohol motifs (C(OH)–C–C–N with tert-alkyl or cyclic N) is 1. The van der Waals surface area contributed by atoms with Crippen LogP contribution in [0.1, 0.15) is 5.56 Å². The van der Waals surface area contributed by atoms with E-state index in [2.05, 4.69) is 89.5 Å². The van der Waals surface area contributed by atoms with Crippen molar-refractivity contribution in [1.29, 1.82) is 0 Å². The zero-order chi connectivity index (χ0) is 17.9. The van der Waals surface area contributed by atoms with Crippen molar-refractivity contribution in [3.05, 3.63) is 83.5 Å². The van der Waals surface area contributed by atoms with Crippen LogP contribution < -0.4 is 9.47 Å². The molecule has 3 aromatic rings. The quantitative estimate of drug-likeness (QED) is 0.708. The second-order valence-corrected chi connectivity index (χ2v) is 7.27. The van der Waals surface area contributed by atoms with E-state index in [9.17, 15) is 5.11 Å². The maximum absolute atomic E-state index is 9.42. The molecule has 1 aliphatic rings. The van der Waals surface area contributed by atoms with Gasteiger partial charge in [0, 0.05) is 23.6 Å². The summed E-state index contributed by atoms with van der Waals surface area (Å²) in [7, 11) is 2.07. The number of aliphatic hydroxyl groups excluding tert-OH is 1. The van der Waals surface area contributed by atoms with Crippen LogP contribution in [0.25, 0.3) is 17.0 Å². The number of thioether (sulfide) groups is 1. The third-order valence-electron chi connectivity index (χ3n) is 4.55. The molecule has 4 rings (SSSR count). The number of nitrogens with zero attached hydrogens (tertiary/aromatic N) is 2. The van der Waals surface area contributed by atoms with Crippen molar-refractivity contribution in [1.82, 2.24) is 0 Å². The minimum absolute atomic E-state index is 0.135. The van der Waals surface area contributed by atoms with Crippen molar-refractivity contribution in [3.8, 4) is 0 Å². The van der Waals surface area contributed by atoms with Gasteiger partial charge in [-0.05, 0) is 29.8 Å². The van der Waals surface area contributed by atoms with Crippen LogP contribution in [0, 0.1) is 0 Å². The highest BCUT2D eigenvalue weighted by molar-refractivity contribution is 8.03. The number of allylic oxidation sites excluding steroid dienone is 2. The Labute approximate surface area is 157 Å². The van der Waals surface area contributed by atoms with Gasteiger partial charge in [0.25, 0.3) is 0 Å². The maximum Gasteiger partial charge on any atom is 0.212 e. The molecule has 0 amide bonds. The number of para-hydroxylation sites is 2. The summed E-state index contributed by atoms with van der Waals surface area (Å²) in [4.78, 5) is 3.41. The van der Waals surface area contributed by atoms with E-state index >= 15 is 0 Å². The second kappa shape index (κ2) is 7.36. The van der Waals surface area contributed by atoms with Gasteiger partial charge in [-0.25, -0.2) is 4.57 Å². The summed E-state index contributed by atoms with van der Waals surface area (Å²) in [5.74, 6) is 0. The highest BCUT2D eigenvalue weighted by Gasteiger charge is 2.23. The van der Waals surface area contributed by atoms with Crippen LogP contribution in [0.2, 0.25) is 0 Å². The lowest BCUT2D eigenvalue weighted by molar-refractivity contribution is -0.644. The minimum Gasteiger partial charge on any atom is -0.395 e. The monoisotopic (exact) mass is 361 g/mol. The lowest BCUT2D eigenvalue weighted by Gasteiger charge is -2.18. The van der Waals surface area contributed by atoms with Gasteiger partial charge in [0.2, 0.25) is 5.52 Å². The molecule has 1 aromatic heterocycles. The van der Waals surface area contributed by atoms with Crippen LogP contribution in [0.4, 0.5) is 5.69 Å². The number of hydrogen-bond donors (Lipinski definition) is 1. The zero-order valence-electron chi connectivity index (χ0n) is 14.7. The summed E-state index contributed by atoms with van der Waals surface area (Å²) in [5, 5.41) is 11.8. The molecule has 0 saturated heterocycles. The van der Waals surface area contributed by atoms with Gasteiger partial charge < -0.3 is 10.0 Å². The van der Waals surface area contributed by atoms with Gasteiger partial charge in [-0.3, -0.25) is 0 Å². The number of aliphatic hydroxyl groups is 1. The third kappa shape index (κ3) is 3.14. The Morgan fingerprint density at radius 3 is 2.77 bits per heavy atom. The summed E-state index contributed by atoms with van der Waals surface area (Å²) >= 11 is 1.75. The Hall–Kier alpha value is -2.56. The van der Waals surface area contributed by atoms with Crippen molar-refractivity contribution >= 4 is 34.4 Å². The van der Waals surface area contributed by atoms with Gasteiger partial charge >= 0.3 is 0 Å². The fourth-order valence-electron chi connectivity index (χ4n) is 3.27. The highest BCUT2D eigenvalue weighted by Crippen LogP contribution is 2.45. The van der Waals surface area contributed by atoms with Crippen LogP contribution >= 0.6 is 11.8 Å². The molecule has 0 fully saturated rings. The van der Waals surface area contributed by atoms with E-state index in [0.717, 1.165) is 5.03 Å². The van der Waals surface area contributed by atoms with Gasteiger partial charge in [0.15, 0.2) is 6.20 Å². The Morgan fingerprint density at radius 2 is 1.88 bits per heavy atom. The van der Waals surface area contributed by atoms with Crippen molar-refractivity contribution in [2.24, 2.45) is 7.05 Å². The van der Waals surface area contributed by atoms with Crippen LogP contribution in [0.3, 0.4) is 0 Å². The van der Waals surface area contributed by atoms with E-state index in [1.54, 1.807) is 11.8 Å². The Bertz CT molecular complexity index is 1010. The van der Waals surface area contributed by atoms with Crippen LogP contribution in [-0.2, 0) is 7.05 Å². The summed E-state index contributed by atoms with van der Waals surface area (Å²) in [5.41, 5.74) is 3.58. The predicted molar refractivity (Wildman–Crippen MR) is 109 cm³/mol. The number of aromatic nitrogens is 1. The number of hydrogen-bond acceptors (Lipinski definition) is 3. The van der Waals surface area contributed by atoms with Crippen molar-refractivity contribution in [2.75, 3.05) is 18.1 Å². The van der Waals surface area contributed by atoms with Gasteiger partial charge in [-0.2, -0.15) is 0 Å². The first-order valence-electron chi connectivity index (χ1n) is 8.69. The first-order chi connectivity index (χ1) is 12.8. The molecule has 0 unspecified atom stereocenters. The van der Waals surface area contributed by atoms with E-state index in [0.29, 0.717) is 6.54 Å². The fourth-order valence-corrected chi connectivity index (χ4v) is 4.38. The minimum atomic E-state index is 0.135. The average molecular weight is 361 g/mol. The molecular formula is C22H21N2OS+. The van der Waals surface area contributed by atoms with E-state index in [1.165, 1.54) is 27.0 Å². The van der Waals surface area contributed by atoms with Gasteiger partial charge in [-0.1, -0.05) is 48.2 Å². The largest absolute Gasteiger partial charge is 0.395 e. The fraction of sp³-hybridized carbons (Fsp3) is 0.136. The number of aryl methyl sites for hydroxylation is 1. The molecule has 0 spiro atoms. The molecule has 26 heavy (non-hydrogen) atoms. The van der Waals surface area contributed by atoms with E-state index in [-0.39, 0.29) is 6.61 Å². The van der Waals surface area contributed by atoms with Gasteiger partial charge in [0.05, 0.1) is 22.7 Å². The second-order valence-electron chi connectivity index (χ2n) is 6.21. The SMILES string of the molecule is C[n+]1ccc(/C=C/C=C2\Sc3ccccc3N2CCO)c2ccccc21. The van der Waals surface area contributed by atoms with Crippen molar-refractivity contribution in [3.63, 3.8) is 0 Å². The molecule has 1 N–H and O–H groups in total. The Kier molecular flexibility index (Phi) is 4.78. The molecule has 2 heterocycles. The molecule has 0 aliphatic carbocycles. The summed E-state index contributed by atoms with van der Waals surface area (Å²) < 4.78 is 2.14. The highest BCUT2D eigenvalue weighted by atomic mass is 32.2. The van der Waals surface area contributed by atoms with E-state index in [4.69, 9.17) is 0 Å². The third-order valence-corrected chi connectivity index (χ3v) is 5.68. The van der Waals surface area contributed by atoms with Crippen LogP contribution in [-0.4, -0.2) is 18.3 Å². The van der Waals surface area contributed by atoms with E-state index < -0.39 is 0 Å². The molecule has 0 atom stereocenters. The van der Waals surface area contributed by atoms with E-state index in [1.807, 2.05) is 6.07 Å². The van der Waals surface area contributed by atoms with Crippen molar-refractivity contribution < 1.29 is 9.67 Å². The Morgan fingerprint density at radius 1 is 1.08 bits per heavy atom. The molecule has 3 nitrogen and oxygen atoms in total. The number of pyridine rings is 1. The lowest BCUT2D eigenvalue weighted by atomic mass is 10.1. The normalized spacial score (nSPS) is 15.3. The average Bonchev–Trinajstić information content (AvgIpc) is 3.02. The summed E-state index contributed by atoms with van der Waals surface area (Å²) in [6.45, 7) is 0.740. The first-order valence-corrected chi connectivity index (χ1v) is 9.50.